The quantitative estimate of drug-likeness (QED) is 0.521. The first-order valence-electron chi connectivity index (χ1n) is 4.59. The Morgan fingerprint density at radius 1 is 1.33 bits per heavy atom. The topological polar surface area (TPSA) is 69.2 Å². The van der Waals surface area contributed by atoms with Crippen LogP contribution < -0.4 is 5.73 Å². The zero-order valence-corrected chi connectivity index (χ0v) is 8.67. The van der Waals surface area contributed by atoms with E-state index in [1.807, 2.05) is 0 Å². The molecule has 1 aromatic carbocycles. The second-order valence-electron chi connectivity index (χ2n) is 3.38. The van der Waals surface area contributed by atoms with E-state index in [0.717, 1.165) is 0 Å². The van der Waals surface area contributed by atoms with Crippen molar-refractivity contribution in [3.8, 4) is 0 Å². The number of nitro groups is 1. The number of hydrogen-bond acceptors (Lipinski definition) is 3. The summed E-state index contributed by atoms with van der Waals surface area (Å²) in [7, 11) is 0. The summed E-state index contributed by atoms with van der Waals surface area (Å²) in [5.41, 5.74) is 2.17. The van der Waals surface area contributed by atoms with Crippen LogP contribution in [-0.2, 0) is 0 Å². The Morgan fingerprint density at radius 2 is 1.89 bits per heavy atom. The summed E-state index contributed by atoms with van der Waals surface area (Å²) < 4.78 is 64.3. The number of halogens is 5. The van der Waals surface area contributed by atoms with Gasteiger partial charge in [0.2, 0.25) is 5.82 Å². The van der Waals surface area contributed by atoms with Crippen LogP contribution in [0, 0.1) is 21.7 Å². The highest BCUT2D eigenvalue weighted by molar-refractivity contribution is 5.40. The zero-order valence-electron chi connectivity index (χ0n) is 8.67. The van der Waals surface area contributed by atoms with Crippen LogP contribution in [0.25, 0.3) is 0 Å². The van der Waals surface area contributed by atoms with Gasteiger partial charge in [-0.15, -0.1) is 0 Å². The monoisotopic (exact) mass is 270 g/mol. The van der Waals surface area contributed by atoms with Gasteiger partial charge < -0.3 is 5.73 Å². The summed E-state index contributed by atoms with van der Waals surface area (Å²) in [6.45, 7) is -1.11. The molecular weight excluding hydrogens is 263 g/mol. The Hall–Kier alpha value is -1.77. The lowest BCUT2D eigenvalue weighted by atomic mass is 9.96. The van der Waals surface area contributed by atoms with Gasteiger partial charge in [0.15, 0.2) is 0 Å². The van der Waals surface area contributed by atoms with Gasteiger partial charge in [-0.2, -0.15) is 17.6 Å². The van der Waals surface area contributed by atoms with E-state index in [4.69, 9.17) is 5.73 Å². The van der Waals surface area contributed by atoms with E-state index in [0.29, 0.717) is 12.1 Å². The molecule has 4 nitrogen and oxygen atoms in total. The molecule has 0 radical (unpaired) electrons. The van der Waals surface area contributed by atoms with Crippen LogP contribution in [0.3, 0.4) is 0 Å². The molecule has 0 spiro atoms. The SMILES string of the molecule is NCC(c1c(F)ccc([N+](=O)[O-])c1F)C(F)(F)F. The van der Waals surface area contributed by atoms with Gasteiger partial charge in [0.25, 0.3) is 0 Å². The molecule has 1 aromatic rings. The normalized spacial score (nSPS) is 13.4. The van der Waals surface area contributed by atoms with Crippen LogP contribution >= 0.6 is 0 Å². The molecule has 0 saturated heterocycles. The molecule has 0 bridgehead atoms. The van der Waals surface area contributed by atoms with Crippen molar-refractivity contribution in [1.29, 1.82) is 0 Å². The van der Waals surface area contributed by atoms with Crippen LogP contribution in [0.5, 0.6) is 0 Å². The molecule has 9 heteroatoms. The maximum Gasteiger partial charge on any atom is 0.397 e. The summed E-state index contributed by atoms with van der Waals surface area (Å²) >= 11 is 0. The van der Waals surface area contributed by atoms with E-state index >= 15 is 0 Å². The third kappa shape index (κ3) is 2.55. The number of nitrogens with two attached hydrogens (primary N) is 1. The molecule has 1 rings (SSSR count). The molecule has 0 aliphatic carbocycles. The lowest BCUT2D eigenvalue weighted by Crippen LogP contribution is -2.30. The highest BCUT2D eigenvalue weighted by atomic mass is 19.4. The van der Waals surface area contributed by atoms with Gasteiger partial charge in [-0.25, -0.2) is 4.39 Å². The van der Waals surface area contributed by atoms with Crippen LogP contribution in [0.1, 0.15) is 11.5 Å². The number of nitro benzene ring substituents is 1. The highest BCUT2D eigenvalue weighted by Gasteiger charge is 2.44. The van der Waals surface area contributed by atoms with Crippen molar-refractivity contribution in [2.24, 2.45) is 5.73 Å². The summed E-state index contributed by atoms with van der Waals surface area (Å²) in [5.74, 6) is -6.00. The summed E-state index contributed by atoms with van der Waals surface area (Å²) in [6.07, 6.45) is -4.99. The summed E-state index contributed by atoms with van der Waals surface area (Å²) in [5, 5.41) is 10.4. The van der Waals surface area contributed by atoms with E-state index in [1.54, 1.807) is 0 Å². The molecule has 2 N–H and O–H groups in total. The Bertz CT molecular complexity index is 475. The number of nitrogens with zero attached hydrogens (tertiary/aromatic N) is 1. The molecular formula is C9H7F5N2O2. The molecule has 0 aromatic heterocycles. The van der Waals surface area contributed by atoms with Gasteiger partial charge in [0.1, 0.15) is 5.82 Å². The van der Waals surface area contributed by atoms with Gasteiger partial charge in [0.05, 0.1) is 10.8 Å². The minimum atomic E-state index is -4.99. The Morgan fingerprint density at radius 3 is 2.28 bits per heavy atom. The smallest absolute Gasteiger partial charge is 0.330 e. The van der Waals surface area contributed by atoms with Crippen molar-refractivity contribution in [3.63, 3.8) is 0 Å². The molecule has 0 heterocycles. The standard InChI is InChI=1S/C9H7F5N2O2/c10-5-1-2-6(16(17)18)8(11)7(5)4(3-15)9(12,13)14/h1-2,4H,3,15H2. The molecule has 0 amide bonds. The van der Waals surface area contributed by atoms with Crippen LogP contribution in [0.2, 0.25) is 0 Å². The first kappa shape index (κ1) is 14.3. The predicted octanol–water partition coefficient (Wildman–Crippen LogP) is 2.48. The first-order valence-corrected chi connectivity index (χ1v) is 4.59. The van der Waals surface area contributed by atoms with Gasteiger partial charge in [0, 0.05) is 18.2 Å². The Balaban J connectivity index is 3.47. The zero-order chi connectivity index (χ0) is 14.1. The number of benzene rings is 1. The lowest BCUT2D eigenvalue weighted by molar-refractivity contribution is -0.387. The van der Waals surface area contributed by atoms with Crippen molar-refractivity contribution >= 4 is 5.69 Å². The fourth-order valence-corrected chi connectivity index (χ4v) is 1.43. The van der Waals surface area contributed by atoms with Crippen molar-refractivity contribution in [2.75, 3.05) is 6.54 Å². The first-order chi connectivity index (χ1) is 8.20. The van der Waals surface area contributed by atoms with Crippen LogP contribution in [0.4, 0.5) is 27.6 Å². The molecule has 1 atom stereocenters. The van der Waals surface area contributed by atoms with Crippen LogP contribution in [-0.4, -0.2) is 17.6 Å². The average Bonchev–Trinajstić information content (AvgIpc) is 2.21. The highest BCUT2D eigenvalue weighted by Crippen LogP contribution is 2.38. The third-order valence-corrected chi connectivity index (χ3v) is 2.28. The average molecular weight is 270 g/mol. The van der Waals surface area contributed by atoms with Gasteiger partial charge in [-0.1, -0.05) is 0 Å². The second-order valence-corrected chi connectivity index (χ2v) is 3.38. The fourth-order valence-electron chi connectivity index (χ4n) is 1.43. The van der Waals surface area contributed by atoms with E-state index in [-0.39, 0.29) is 0 Å². The van der Waals surface area contributed by atoms with E-state index < -0.39 is 46.4 Å². The molecule has 0 aliphatic rings. The second kappa shape index (κ2) is 4.84. The van der Waals surface area contributed by atoms with Gasteiger partial charge in [-0.3, -0.25) is 10.1 Å². The minimum Gasteiger partial charge on any atom is -0.330 e. The third-order valence-electron chi connectivity index (χ3n) is 2.28. The minimum absolute atomic E-state index is 0.408. The molecule has 100 valence electrons. The van der Waals surface area contributed by atoms with Crippen molar-refractivity contribution in [3.05, 3.63) is 39.4 Å². The Labute approximate surface area is 97.3 Å². The molecule has 0 aliphatic heterocycles. The Kier molecular flexibility index (Phi) is 3.85. The number of hydrogen-bond donors (Lipinski definition) is 1. The maximum atomic E-state index is 13.5. The number of alkyl halides is 3. The predicted molar refractivity (Wildman–Crippen MR) is 50.9 cm³/mol. The molecule has 0 saturated carbocycles. The number of rotatable bonds is 3. The molecule has 0 fully saturated rings. The maximum absolute atomic E-state index is 13.5. The molecule has 18 heavy (non-hydrogen) atoms. The van der Waals surface area contributed by atoms with Gasteiger partial charge in [-0.05, 0) is 6.07 Å². The van der Waals surface area contributed by atoms with E-state index in [2.05, 4.69) is 0 Å². The van der Waals surface area contributed by atoms with Crippen LogP contribution in [0.15, 0.2) is 12.1 Å². The van der Waals surface area contributed by atoms with E-state index in [9.17, 15) is 32.1 Å². The fraction of sp³-hybridized carbons (Fsp3) is 0.333. The molecule has 1 unspecified atom stereocenters. The van der Waals surface area contributed by atoms with Gasteiger partial charge >= 0.3 is 11.9 Å². The van der Waals surface area contributed by atoms with Crippen molar-refractivity contribution < 1.29 is 26.9 Å². The van der Waals surface area contributed by atoms with E-state index in [1.165, 1.54) is 0 Å². The van der Waals surface area contributed by atoms with Crippen molar-refractivity contribution in [1.82, 2.24) is 0 Å². The largest absolute Gasteiger partial charge is 0.397 e. The summed E-state index contributed by atoms with van der Waals surface area (Å²) in [6, 6.07) is 0.864. The van der Waals surface area contributed by atoms with Crippen molar-refractivity contribution in [2.45, 2.75) is 12.1 Å². The lowest BCUT2D eigenvalue weighted by Gasteiger charge is -2.19. The summed E-state index contributed by atoms with van der Waals surface area (Å²) in [4.78, 5) is 9.14.